The van der Waals surface area contributed by atoms with Gasteiger partial charge in [-0.1, -0.05) is 18.2 Å². The second kappa shape index (κ2) is 6.23. The Balaban J connectivity index is 1.95. The highest BCUT2D eigenvalue weighted by molar-refractivity contribution is 7.88. The third-order valence-corrected chi connectivity index (χ3v) is 4.43. The monoisotopic (exact) mass is 298 g/mol. The summed E-state index contributed by atoms with van der Waals surface area (Å²) in [6.07, 6.45) is 1.36. The molecule has 1 aliphatic rings. The van der Waals surface area contributed by atoms with E-state index in [0.29, 0.717) is 38.3 Å². The first kappa shape index (κ1) is 14.8. The largest absolute Gasteiger partial charge is 0.415 e. The van der Waals surface area contributed by atoms with Gasteiger partial charge in [-0.3, -0.25) is 0 Å². The number of hydrogen-bond acceptors (Lipinski definition) is 4. The fourth-order valence-electron chi connectivity index (χ4n) is 2.06. The van der Waals surface area contributed by atoms with Gasteiger partial charge >= 0.3 is 6.09 Å². The third kappa shape index (κ3) is 3.94. The van der Waals surface area contributed by atoms with Gasteiger partial charge in [0.2, 0.25) is 10.0 Å². The third-order valence-electron chi connectivity index (χ3n) is 3.13. The Hall–Kier alpha value is -1.60. The lowest BCUT2D eigenvalue weighted by atomic mass is 10.3. The summed E-state index contributed by atoms with van der Waals surface area (Å²) in [5.41, 5.74) is 0. The molecule has 1 heterocycles. The molecule has 0 saturated carbocycles. The lowest BCUT2D eigenvalue weighted by molar-refractivity contribution is 0.154. The van der Waals surface area contributed by atoms with Crippen LogP contribution in [-0.2, 0) is 10.0 Å². The average Bonchev–Trinajstić information content (AvgIpc) is 2.65. The van der Waals surface area contributed by atoms with Gasteiger partial charge < -0.3 is 9.64 Å². The molecule has 0 aromatic heterocycles. The minimum absolute atomic E-state index is 0.308. The molecule has 1 amide bonds. The molecule has 0 spiro atoms. The second-order valence-corrected chi connectivity index (χ2v) is 6.67. The Morgan fingerprint density at radius 3 is 2.45 bits per heavy atom. The van der Waals surface area contributed by atoms with Gasteiger partial charge in [0.25, 0.3) is 0 Å². The van der Waals surface area contributed by atoms with E-state index in [1.807, 2.05) is 6.07 Å². The maximum atomic E-state index is 12.0. The average molecular weight is 298 g/mol. The summed E-state index contributed by atoms with van der Waals surface area (Å²) in [6, 6.07) is 8.83. The molecule has 7 heteroatoms. The van der Waals surface area contributed by atoms with Crippen molar-refractivity contribution >= 4 is 16.1 Å². The number of ether oxygens (including phenoxy) is 1. The van der Waals surface area contributed by atoms with Crippen LogP contribution < -0.4 is 4.74 Å². The zero-order valence-electron chi connectivity index (χ0n) is 11.4. The van der Waals surface area contributed by atoms with Gasteiger partial charge in [0, 0.05) is 26.2 Å². The lowest BCUT2D eigenvalue weighted by Gasteiger charge is -2.20. The Morgan fingerprint density at radius 1 is 1.10 bits per heavy atom. The van der Waals surface area contributed by atoms with Crippen LogP contribution in [0.4, 0.5) is 4.79 Å². The highest BCUT2D eigenvalue weighted by Gasteiger charge is 2.24. The molecule has 1 aliphatic heterocycles. The number of para-hydroxylation sites is 1. The number of hydrogen-bond donors (Lipinski definition) is 0. The summed E-state index contributed by atoms with van der Waals surface area (Å²) in [4.78, 5) is 13.6. The minimum Gasteiger partial charge on any atom is -0.410 e. The first-order valence-corrected chi connectivity index (χ1v) is 8.28. The molecule has 1 saturated heterocycles. The van der Waals surface area contributed by atoms with Crippen LogP contribution in [0.2, 0.25) is 0 Å². The maximum absolute atomic E-state index is 12.0. The van der Waals surface area contributed by atoms with E-state index in [2.05, 4.69) is 0 Å². The summed E-state index contributed by atoms with van der Waals surface area (Å²) in [7, 11) is -3.20. The number of amides is 1. The molecule has 1 fully saturated rings. The highest BCUT2D eigenvalue weighted by Crippen LogP contribution is 2.12. The van der Waals surface area contributed by atoms with Crippen LogP contribution in [0.15, 0.2) is 30.3 Å². The van der Waals surface area contributed by atoms with Gasteiger partial charge in [0.1, 0.15) is 5.75 Å². The Bertz CT molecular complexity index is 559. The number of nitrogens with zero attached hydrogens (tertiary/aromatic N) is 2. The standard InChI is InChI=1S/C13H18N2O4S/c1-20(17,18)15-9-5-8-14(10-11-15)13(16)19-12-6-3-2-4-7-12/h2-4,6-7H,5,8-11H2,1H3. The van der Waals surface area contributed by atoms with Crippen molar-refractivity contribution in [3.8, 4) is 5.75 Å². The predicted octanol–water partition coefficient (Wildman–Crippen LogP) is 1.15. The summed E-state index contributed by atoms with van der Waals surface area (Å²) in [5, 5.41) is 0. The molecule has 0 aliphatic carbocycles. The zero-order valence-corrected chi connectivity index (χ0v) is 12.2. The van der Waals surface area contributed by atoms with Crippen molar-refractivity contribution in [2.45, 2.75) is 6.42 Å². The van der Waals surface area contributed by atoms with Crippen LogP contribution in [0.3, 0.4) is 0 Å². The molecule has 20 heavy (non-hydrogen) atoms. The zero-order chi connectivity index (χ0) is 14.6. The summed E-state index contributed by atoms with van der Waals surface area (Å²) >= 11 is 0. The van der Waals surface area contributed by atoms with Gasteiger partial charge in [-0.25, -0.2) is 17.5 Å². The van der Waals surface area contributed by atoms with Gasteiger partial charge in [-0.15, -0.1) is 0 Å². The van der Waals surface area contributed by atoms with Crippen molar-refractivity contribution in [3.63, 3.8) is 0 Å². The Kier molecular flexibility index (Phi) is 4.61. The molecule has 2 rings (SSSR count). The molecule has 0 N–H and O–H groups in total. The van der Waals surface area contributed by atoms with Crippen molar-refractivity contribution in [1.82, 2.24) is 9.21 Å². The van der Waals surface area contributed by atoms with E-state index in [1.54, 1.807) is 24.3 Å². The number of sulfonamides is 1. The van der Waals surface area contributed by atoms with Gasteiger partial charge in [-0.2, -0.15) is 0 Å². The number of carbonyl (C=O) groups is 1. The van der Waals surface area contributed by atoms with E-state index >= 15 is 0 Å². The molecule has 110 valence electrons. The minimum atomic E-state index is -3.20. The molecule has 0 atom stereocenters. The van der Waals surface area contributed by atoms with Crippen LogP contribution >= 0.6 is 0 Å². The predicted molar refractivity (Wildman–Crippen MR) is 75.1 cm³/mol. The van der Waals surface area contributed by atoms with E-state index in [-0.39, 0.29) is 0 Å². The quantitative estimate of drug-likeness (QED) is 0.821. The fourth-order valence-corrected chi connectivity index (χ4v) is 2.94. The molecule has 1 aromatic rings. The van der Waals surface area contributed by atoms with Crippen LogP contribution in [0.25, 0.3) is 0 Å². The summed E-state index contributed by atoms with van der Waals surface area (Å²) in [6.45, 7) is 1.59. The van der Waals surface area contributed by atoms with Crippen LogP contribution in [0.1, 0.15) is 6.42 Å². The second-order valence-electron chi connectivity index (χ2n) is 4.68. The molecule has 0 radical (unpaired) electrons. The summed E-state index contributed by atoms with van der Waals surface area (Å²) in [5.74, 6) is 0.488. The van der Waals surface area contributed by atoms with Gasteiger partial charge in [0.05, 0.1) is 6.26 Å². The van der Waals surface area contributed by atoms with Gasteiger partial charge in [0.15, 0.2) is 0 Å². The van der Waals surface area contributed by atoms with Crippen molar-refractivity contribution in [1.29, 1.82) is 0 Å². The first-order chi connectivity index (χ1) is 9.47. The van der Waals surface area contributed by atoms with E-state index in [9.17, 15) is 13.2 Å². The van der Waals surface area contributed by atoms with E-state index in [4.69, 9.17) is 4.74 Å². The Labute approximate surface area is 119 Å². The number of benzene rings is 1. The van der Waals surface area contributed by atoms with Gasteiger partial charge in [-0.05, 0) is 18.6 Å². The van der Waals surface area contributed by atoms with Crippen molar-refractivity contribution in [3.05, 3.63) is 30.3 Å². The SMILES string of the molecule is CS(=O)(=O)N1CCCN(C(=O)Oc2ccccc2)CC1. The Morgan fingerprint density at radius 2 is 1.80 bits per heavy atom. The topological polar surface area (TPSA) is 66.9 Å². The molecular formula is C13H18N2O4S. The molecule has 1 aromatic carbocycles. The molecular weight excluding hydrogens is 280 g/mol. The maximum Gasteiger partial charge on any atom is 0.415 e. The molecule has 0 bridgehead atoms. The lowest BCUT2D eigenvalue weighted by Crippen LogP contribution is -2.38. The highest BCUT2D eigenvalue weighted by atomic mass is 32.2. The smallest absolute Gasteiger partial charge is 0.410 e. The van der Waals surface area contributed by atoms with E-state index < -0.39 is 16.1 Å². The van der Waals surface area contributed by atoms with Crippen molar-refractivity contribution < 1.29 is 17.9 Å². The number of rotatable bonds is 2. The normalized spacial score (nSPS) is 17.6. The van der Waals surface area contributed by atoms with Crippen LogP contribution in [-0.4, -0.2) is 56.2 Å². The van der Waals surface area contributed by atoms with Crippen molar-refractivity contribution in [2.75, 3.05) is 32.4 Å². The summed E-state index contributed by atoms with van der Waals surface area (Å²) < 4.78 is 29.6. The van der Waals surface area contributed by atoms with Crippen molar-refractivity contribution in [2.24, 2.45) is 0 Å². The van der Waals surface area contributed by atoms with Crippen LogP contribution in [0.5, 0.6) is 5.75 Å². The first-order valence-electron chi connectivity index (χ1n) is 6.44. The molecule has 0 unspecified atom stereocenters. The van der Waals surface area contributed by atoms with Crippen LogP contribution in [0, 0.1) is 0 Å². The van der Waals surface area contributed by atoms with E-state index in [1.165, 1.54) is 15.5 Å². The molecule has 6 nitrogen and oxygen atoms in total. The fraction of sp³-hybridized carbons (Fsp3) is 0.462. The number of carbonyl (C=O) groups excluding carboxylic acids is 1. The van der Waals surface area contributed by atoms with E-state index in [0.717, 1.165) is 0 Å².